The van der Waals surface area contributed by atoms with Crippen molar-refractivity contribution in [3.8, 4) is 0 Å². The van der Waals surface area contributed by atoms with Crippen molar-refractivity contribution in [3.63, 3.8) is 0 Å². The summed E-state index contributed by atoms with van der Waals surface area (Å²) in [6.45, 7) is 10.2. The van der Waals surface area contributed by atoms with Crippen LogP contribution >= 0.6 is 0 Å². The van der Waals surface area contributed by atoms with Crippen molar-refractivity contribution in [1.82, 2.24) is 10.2 Å². The van der Waals surface area contributed by atoms with Crippen LogP contribution in [-0.2, 0) is 4.74 Å². The van der Waals surface area contributed by atoms with E-state index in [2.05, 4.69) is 17.1 Å². The van der Waals surface area contributed by atoms with E-state index in [0.717, 1.165) is 19.2 Å². The second-order valence-electron chi connectivity index (χ2n) is 4.84. The average molecular weight is 300 g/mol. The maximum absolute atomic E-state index is 14.0. The van der Waals surface area contributed by atoms with E-state index < -0.39 is 11.6 Å². The van der Waals surface area contributed by atoms with Crippen molar-refractivity contribution in [3.05, 3.63) is 35.4 Å². The quantitative estimate of drug-likeness (QED) is 0.672. The van der Waals surface area contributed by atoms with Gasteiger partial charge in [0, 0.05) is 31.3 Å². The van der Waals surface area contributed by atoms with Crippen molar-refractivity contribution < 1.29 is 13.5 Å². The Morgan fingerprint density at radius 1 is 1.24 bits per heavy atom. The fourth-order valence-corrected chi connectivity index (χ4v) is 2.28. The number of rotatable bonds is 10. The summed E-state index contributed by atoms with van der Waals surface area (Å²) in [4.78, 5) is 2.17. The highest BCUT2D eigenvalue weighted by Crippen LogP contribution is 2.20. The zero-order valence-corrected chi connectivity index (χ0v) is 13.2. The molecule has 0 bridgehead atoms. The van der Waals surface area contributed by atoms with E-state index in [9.17, 15) is 8.78 Å². The highest BCUT2D eigenvalue weighted by Gasteiger charge is 2.19. The standard InChI is InChI=1S/C16H26F2N2O/c1-4-19-15(12-20(5-2)10-11-21-6-3)13-8-7-9-14(17)16(13)18/h7-9,15,19H,4-6,10-12H2,1-3H3. The predicted octanol–water partition coefficient (Wildman–Crippen LogP) is 2.97. The Bertz CT molecular complexity index is 415. The van der Waals surface area contributed by atoms with Crippen LogP contribution < -0.4 is 5.32 Å². The van der Waals surface area contributed by atoms with Gasteiger partial charge in [0.2, 0.25) is 0 Å². The number of hydrogen-bond acceptors (Lipinski definition) is 3. The van der Waals surface area contributed by atoms with E-state index in [4.69, 9.17) is 4.74 Å². The molecule has 3 nitrogen and oxygen atoms in total. The van der Waals surface area contributed by atoms with Gasteiger partial charge in [-0.1, -0.05) is 26.0 Å². The molecule has 1 aromatic carbocycles. The van der Waals surface area contributed by atoms with E-state index in [0.29, 0.717) is 31.9 Å². The monoisotopic (exact) mass is 300 g/mol. The van der Waals surface area contributed by atoms with Gasteiger partial charge in [-0.25, -0.2) is 8.78 Å². The zero-order chi connectivity index (χ0) is 15.7. The summed E-state index contributed by atoms with van der Waals surface area (Å²) >= 11 is 0. The lowest BCUT2D eigenvalue weighted by atomic mass is 10.1. The summed E-state index contributed by atoms with van der Waals surface area (Å²) in [5, 5.41) is 3.23. The number of halogens is 2. The van der Waals surface area contributed by atoms with Crippen molar-refractivity contribution >= 4 is 0 Å². The highest BCUT2D eigenvalue weighted by atomic mass is 19.2. The minimum absolute atomic E-state index is 0.229. The highest BCUT2D eigenvalue weighted by molar-refractivity contribution is 5.23. The molecule has 0 saturated carbocycles. The molecular weight excluding hydrogens is 274 g/mol. The number of benzene rings is 1. The molecule has 1 unspecified atom stereocenters. The second kappa shape index (κ2) is 9.82. The van der Waals surface area contributed by atoms with Gasteiger partial charge in [-0.15, -0.1) is 0 Å². The number of nitrogens with one attached hydrogen (secondary N) is 1. The van der Waals surface area contributed by atoms with E-state index in [-0.39, 0.29) is 6.04 Å². The summed E-state index contributed by atoms with van der Waals surface area (Å²) in [6, 6.07) is 4.11. The van der Waals surface area contributed by atoms with Crippen LogP contribution in [0.4, 0.5) is 8.78 Å². The van der Waals surface area contributed by atoms with Gasteiger partial charge in [-0.2, -0.15) is 0 Å². The maximum atomic E-state index is 14.0. The largest absolute Gasteiger partial charge is 0.380 e. The van der Waals surface area contributed by atoms with E-state index in [1.54, 1.807) is 12.1 Å². The van der Waals surface area contributed by atoms with Gasteiger partial charge in [0.05, 0.1) is 6.61 Å². The van der Waals surface area contributed by atoms with E-state index >= 15 is 0 Å². The molecular formula is C16H26F2N2O. The second-order valence-corrected chi connectivity index (χ2v) is 4.84. The van der Waals surface area contributed by atoms with E-state index in [1.807, 2.05) is 13.8 Å². The molecule has 0 aliphatic carbocycles. The normalized spacial score (nSPS) is 12.9. The summed E-state index contributed by atoms with van der Waals surface area (Å²) in [5.41, 5.74) is 0.381. The molecule has 0 heterocycles. The molecule has 21 heavy (non-hydrogen) atoms. The lowest BCUT2D eigenvalue weighted by Gasteiger charge is -2.27. The molecule has 1 N–H and O–H groups in total. The fraction of sp³-hybridized carbons (Fsp3) is 0.625. The molecule has 1 aromatic rings. The Kier molecular flexibility index (Phi) is 8.42. The molecule has 0 aliphatic rings. The third-order valence-electron chi connectivity index (χ3n) is 3.45. The first-order valence-corrected chi connectivity index (χ1v) is 7.61. The first kappa shape index (κ1) is 18.0. The van der Waals surface area contributed by atoms with Crippen molar-refractivity contribution in [1.29, 1.82) is 0 Å². The average Bonchev–Trinajstić information content (AvgIpc) is 2.48. The van der Waals surface area contributed by atoms with Crippen molar-refractivity contribution in [2.75, 3.05) is 39.4 Å². The van der Waals surface area contributed by atoms with Crippen LogP contribution in [0.5, 0.6) is 0 Å². The van der Waals surface area contributed by atoms with Gasteiger partial charge in [0.25, 0.3) is 0 Å². The summed E-state index contributed by atoms with van der Waals surface area (Å²) < 4.78 is 32.7. The van der Waals surface area contributed by atoms with Crippen LogP contribution in [0.15, 0.2) is 18.2 Å². The fourth-order valence-electron chi connectivity index (χ4n) is 2.28. The van der Waals surface area contributed by atoms with Crippen LogP contribution in [0.1, 0.15) is 32.4 Å². The van der Waals surface area contributed by atoms with Gasteiger partial charge in [0.1, 0.15) is 0 Å². The van der Waals surface area contributed by atoms with E-state index in [1.165, 1.54) is 0 Å². The molecule has 0 aromatic heterocycles. The summed E-state index contributed by atoms with van der Waals surface area (Å²) in [5.74, 6) is -1.56. The summed E-state index contributed by atoms with van der Waals surface area (Å²) in [6.07, 6.45) is 0. The lowest BCUT2D eigenvalue weighted by Crippen LogP contribution is -2.37. The smallest absolute Gasteiger partial charge is 0.163 e. The van der Waals surface area contributed by atoms with Crippen LogP contribution in [0.25, 0.3) is 0 Å². The molecule has 0 spiro atoms. The molecule has 0 fully saturated rings. The predicted molar refractivity (Wildman–Crippen MR) is 81.4 cm³/mol. The molecule has 5 heteroatoms. The molecule has 0 radical (unpaired) electrons. The van der Waals surface area contributed by atoms with Crippen LogP contribution in [0, 0.1) is 11.6 Å². The van der Waals surface area contributed by atoms with Crippen LogP contribution in [0.2, 0.25) is 0 Å². The minimum Gasteiger partial charge on any atom is -0.380 e. The first-order chi connectivity index (χ1) is 10.1. The molecule has 0 amide bonds. The van der Waals surface area contributed by atoms with Crippen LogP contribution in [-0.4, -0.2) is 44.3 Å². The van der Waals surface area contributed by atoms with Gasteiger partial charge >= 0.3 is 0 Å². The molecule has 1 rings (SSSR count). The van der Waals surface area contributed by atoms with Gasteiger partial charge in [-0.05, 0) is 26.1 Å². The Balaban J connectivity index is 2.78. The Morgan fingerprint density at radius 3 is 2.62 bits per heavy atom. The van der Waals surface area contributed by atoms with Crippen molar-refractivity contribution in [2.45, 2.75) is 26.8 Å². The SMILES string of the molecule is CCNC(CN(CC)CCOCC)c1cccc(F)c1F. The third-order valence-corrected chi connectivity index (χ3v) is 3.45. The lowest BCUT2D eigenvalue weighted by molar-refractivity contribution is 0.111. The molecule has 0 aliphatic heterocycles. The van der Waals surface area contributed by atoms with Gasteiger partial charge in [0.15, 0.2) is 11.6 Å². The molecule has 120 valence electrons. The first-order valence-electron chi connectivity index (χ1n) is 7.61. The maximum Gasteiger partial charge on any atom is 0.163 e. The summed E-state index contributed by atoms with van der Waals surface area (Å²) in [7, 11) is 0. The molecule has 0 saturated heterocycles. The third kappa shape index (κ3) is 5.69. The van der Waals surface area contributed by atoms with Crippen molar-refractivity contribution in [2.24, 2.45) is 0 Å². The Labute approximate surface area is 126 Å². The molecule has 1 atom stereocenters. The van der Waals surface area contributed by atoms with Crippen LogP contribution in [0.3, 0.4) is 0 Å². The number of hydrogen-bond donors (Lipinski definition) is 1. The number of ether oxygens (including phenoxy) is 1. The van der Waals surface area contributed by atoms with Gasteiger partial charge < -0.3 is 10.1 Å². The minimum atomic E-state index is -0.798. The number of nitrogens with zero attached hydrogens (tertiary/aromatic N) is 1. The zero-order valence-electron chi connectivity index (χ0n) is 13.2. The number of likely N-dealkylation sites (N-methyl/N-ethyl adjacent to an activating group) is 2. The topological polar surface area (TPSA) is 24.5 Å². The Hall–Kier alpha value is -1.04. The Morgan fingerprint density at radius 2 is 2.00 bits per heavy atom. The van der Waals surface area contributed by atoms with Gasteiger partial charge in [-0.3, -0.25) is 4.90 Å².